The van der Waals surface area contributed by atoms with Crippen LogP contribution in [-0.2, 0) is 6.61 Å². The fourth-order valence-electron chi connectivity index (χ4n) is 2.38. The molecule has 0 radical (unpaired) electrons. The summed E-state index contributed by atoms with van der Waals surface area (Å²) in [5, 5.41) is 12.7. The number of benzene rings is 2. The summed E-state index contributed by atoms with van der Waals surface area (Å²) in [7, 11) is 0. The smallest absolute Gasteiger partial charge is 0.183 e. The van der Waals surface area contributed by atoms with E-state index in [1.165, 1.54) is 0 Å². The molecule has 2 aromatic carbocycles. The Morgan fingerprint density at radius 1 is 1.05 bits per heavy atom. The standard InChI is InChI=1S/C16H11BrN4O/c17-12-7-5-11(6-8-12)10-22-15-9-16-18-19-20-21(16)14-4-2-1-3-13(14)15/h1-9H,10H2. The third kappa shape index (κ3) is 2.31. The van der Waals surface area contributed by atoms with E-state index in [2.05, 4.69) is 31.5 Å². The van der Waals surface area contributed by atoms with Crippen molar-refractivity contribution < 1.29 is 4.74 Å². The maximum atomic E-state index is 6.00. The topological polar surface area (TPSA) is 52.3 Å². The molecule has 22 heavy (non-hydrogen) atoms. The van der Waals surface area contributed by atoms with Gasteiger partial charge in [0, 0.05) is 15.9 Å². The van der Waals surface area contributed by atoms with E-state index in [1.54, 1.807) is 4.52 Å². The van der Waals surface area contributed by atoms with E-state index in [0.29, 0.717) is 12.3 Å². The van der Waals surface area contributed by atoms with Gasteiger partial charge in [-0.15, -0.1) is 5.10 Å². The average molecular weight is 355 g/mol. The molecule has 0 fully saturated rings. The number of hydrogen-bond acceptors (Lipinski definition) is 4. The van der Waals surface area contributed by atoms with E-state index >= 15 is 0 Å². The lowest BCUT2D eigenvalue weighted by Crippen LogP contribution is -1.98. The molecule has 4 aromatic rings. The number of halogens is 1. The average Bonchev–Trinajstić information content (AvgIpc) is 3.03. The molecule has 0 aliphatic rings. The van der Waals surface area contributed by atoms with Crippen molar-refractivity contribution in [3.63, 3.8) is 0 Å². The normalized spacial score (nSPS) is 11.1. The maximum Gasteiger partial charge on any atom is 0.183 e. The number of pyridine rings is 1. The molecule has 0 saturated heterocycles. The van der Waals surface area contributed by atoms with Crippen LogP contribution in [0, 0.1) is 0 Å². The lowest BCUT2D eigenvalue weighted by Gasteiger charge is -2.10. The van der Waals surface area contributed by atoms with Crippen molar-refractivity contribution in [2.45, 2.75) is 6.61 Å². The molecule has 0 unspecified atom stereocenters. The number of para-hydroxylation sites is 1. The number of nitrogens with zero attached hydrogens (tertiary/aromatic N) is 4. The predicted molar refractivity (Wildman–Crippen MR) is 86.8 cm³/mol. The number of rotatable bonds is 3. The van der Waals surface area contributed by atoms with Crippen molar-refractivity contribution >= 4 is 32.5 Å². The number of hydrogen-bond donors (Lipinski definition) is 0. The van der Waals surface area contributed by atoms with E-state index in [0.717, 1.165) is 26.7 Å². The molecule has 0 amide bonds. The molecule has 0 spiro atoms. The molecule has 0 aliphatic heterocycles. The third-order valence-electron chi connectivity index (χ3n) is 3.46. The lowest BCUT2D eigenvalue weighted by molar-refractivity contribution is 0.310. The molecule has 2 aromatic heterocycles. The minimum absolute atomic E-state index is 0.495. The summed E-state index contributed by atoms with van der Waals surface area (Å²) in [6.07, 6.45) is 0. The van der Waals surface area contributed by atoms with Gasteiger partial charge in [-0.2, -0.15) is 4.52 Å². The molecule has 5 nitrogen and oxygen atoms in total. The fourth-order valence-corrected chi connectivity index (χ4v) is 2.64. The molecule has 2 heterocycles. The molecule has 4 rings (SSSR count). The first-order chi connectivity index (χ1) is 10.8. The number of ether oxygens (including phenoxy) is 1. The molecule has 0 aliphatic carbocycles. The Balaban J connectivity index is 1.74. The molecule has 0 bridgehead atoms. The Morgan fingerprint density at radius 3 is 2.73 bits per heavy atom. The van der Waals surface area contributed by atoms with Gasteiger partial charge >= 0.3 is 0 Å². The highest BCUT2D eigenvalue weighted by molar-refractivity contribution is 9.10. The van der Waals surface area contributed by atoms with Crippen LogP contribution in [0.5, 0.6) is 5.75 Å². The zero-order valence-electron chi connectivity index (χ0n) is 11.5. The lowest BCUT2D eigenvalue weighted by atomic mass is 10.2. The maximum absolute atomic E-state index is 6.00. The summed E-state index contributed by atoms with van der Waals surface area (Å²) in [5.41, 5.74) is 2.70. The highest BCUT2D eigenvalue weighted by atomic mass is 79.9. The van der Waals surface area contributed by atoms with Crippen molar-refractivity contribution in [1.29, 1.82) is 0 Å². The van der Waals surface area contributed by atoms with Crippen LogP contribution in [0.3, 0.4) is 0 Å². The zero-order chi connectivity index (χ0) is 14.9. The first-order valence-electron chi connectivity index (χ1n) is 6.78. The molecule has 108 valence electrons. The van der Waals surface area contributed by atoms with Crippen LogP contribution in [0.1, 0.15) is 5.56 Å². The summed E-state index contributed by atoms with van der Waals surface area (Å²) in [5.74, 6) is 0.779. The predicted octanol–water partition coefficient (Wildman–Crippen LogP) is 3.62. The van der Waals surface area contributed by atoms with Gasteiger partial charge < -0.3 is 4.74 Å². The van der Waals surface area contributed by atoms with Crippen LogP contribution in [0.25, 0.3) is 16.6 Å². The largest absolute Gasteiger partial charge is 0.488 e. The van der Waals surface area contributed by atoms with Crippen LogP contribution in [-0.4, -0.2) is 20.0 Å². The van der Waals surface area contributed by atoms with E-state index in [-0.39, 0.29) is 0 Å². The second kappa shape index (κ2) is 5.38. The Labute approximate surface area is 134 Å². The van der Waals surface area contributed by atoms with Crippen molar-refractivity contribution in [2.24, 2.45) is 0 Å². The van der Waals surface area contributed by atoms with E-state index in [9.17, 15) is 0 Å². The van der Waals surface area contributed by atoms with Gasteiger partial charge in [-0.3, -0.25) is 0 Å². The van der Waals surface area contributed by atoms with Crippen molar-refractivity contribution in [3.8, 4) is 5.75 Å². The quantitative estimate of drug-likeness (QED) is 0.563. The Morgan fingerprint density at radius 2 is 1.86 bits per heavy atom. The SMILES string of the molecule is Brc1ccc(COc2cc3nnnn3c3ccccc23)cc1. The minimum Gasteiger partial charge on any atom is -0.488 e. The summed E-state index contributed by atoms with van der Waals surface area (Å²) in [6, 6.07) is 17.9. The number of aromatic nitrogens is 4. The minimum atomic E-state index is 0.495. The van der Waals surface area contributed by atoms with Gasteiger partial charge in [0.1, 0.15) is 12.4 Å². The molecule has 0 saturated carbocycles. The third-order valence-corrected chi connectivity index (χ3v) is 3.99. The Hall–Kier alpha value is -2.47. The highest BCUT2D eigenvalue weighted by Crippen LogP contribution is 2.27. The second-order valence-corrected chi connectivity index (χ2v) is 5.81. The molecule has 0 N–H and O–H groups in total. The second-order valence-electron chi connectivity index (χ2n) is 4.89. The van der Waals surface area contributed by atoms with E-state index in [4.69, 9.17) is 4.74 Å². The molecular weight excluding hydrogens is 344 g/mol. The summed E-state index contributed by atoms with van der Waals surface area (Å²) >= 11 is 3.43. The Bertz CT molecular complexity index is 949. The van der Waals surface area contributed by atoms with Crippen LogP contribution in [0.15, 0.2) is 59.1 Å². The zero-order valence-corrected chi connectivity index (χ0v) is 13.1. The van der Waals surface area contributed by atoms with E-state index < -0.39 is 0 Å². The van der Waals surface area contributed by atoms with Crippen LogP contribution < -0.4 is 4.74 Å². The van der Waals surface area contributed by atoms with Crippen molar-refractivity contribution in [2.75, 3.05) is 0 Å². The van der Waals surface area contributed by atoms with Gasteiger partial charge in [0.15, 0.2) is 5.65 Å². The van der Waals surface area contributed by atoms with Gasteiger partial charge in [-0.1, -0.05) is 40.2 Å². The van der Waals surface area contributed by atoms with Gasteiger partial charge in [0.2, 0.25) is 0 Å². The highest BCUT2D eigenvalue weighted by Gasteiger charge is 2.09. The monoisotopic (exact) mass is 354 g/mol. The van der Waals surface area contributed by atoms with E-state index in [1.807, 2.05) is 54.6 Å². The number of tetrazole rings is 1. The number of fused-ring (bicyclic) bond motifs is 3. The van der Waals surface area contributed by atoms with Crippen LogP contribution in [0.4, 0.5) is 0 Å². The first-order valence-corrected chi connectivity index (χ1v) is 7.58. The Kier molecular flexibility index (Phi) is 3.23. The molecule has 0 atom stereocenters. The van der Waals surface area contributed by atoms with Gasteiger partial charge in [-0.05, 0) is 40.3 Å². The van der Waals surface area contributed by atoms with Gasteiger partial charge in [0.25, 0.3) is 0 Å². The van der Waals surface area contributed by atoms with Crippen molar-refractivity contribution in [1.82, 2.24) is 20.0 Å². The van der Waals surface area contributed by atoms with Crippen LogP contribution in [0.2, 0.25) is 0 Å². The molecular formula is C16H11BrN4O. The van der Waals surface area contributed by atoms with Gasteiger partial charge in [-0.25, -0.2) is 0 Å². The first kappa shape index (κ1) is 13.2. The van der Waals surface area contributed by atoms with Gasteiger partial charge in [0.05, 0.1) is 5.52 Å². The summed E-state index contributed by atoms with van der Waals surface area (Å²) in [4.78, 5) is 0. The fraction of sp³-hybridized carbons (Fsp3) is 0.0625. The molecule has 6 heteroatoms. The van der Waals surface area contributed by atoms with Crippen molar-refractivity contribution in [3.05, 3.63) is 64.6 Å². The summed E-state index contributed by atoms with van der Waals surface area (Å²) in [6.45, 7) is 0.495. The van der Waals surface area contributed by atoms with Crippen LogP contribution >= 0.6 is 15.9 Å². The summed E-state index contributed by atoms with van der Waals surface area (Å²) < 4.78 is 8.76.